The molecule has 1 amide bonds. The smallest absolute Gasteiger partial charge is 0.251 e. The highest BCUT2D eigenvalue weighted by atomic mass is 16.6. The third-order valence-electron chi connectivity index (χ3n) is 5.99. The van der Waals surface area contributed by atoms with Gasteiger partial charge < -0.3 is 35.6 Å². The van der Waals surface area contributed by atoms with E-state index in [4.69, 9.17) is 4.74 Å². The molecule has 2 aromatic rings. The molecule has 2 aliphatic heterocycles. The maximum absolute atomic E-state index is 11.9. The number of hydrogen-bond donors (Lipinski definition) is 6. The van der Waals surface area contributed by atoms with Gasteiger partial charge in [-0.25, -0.2) is 0 Å². The van der Waals surface area contributed by atoms with E-state index in [1.165, 1.54) is 0 Å². The molecule has 2 aliphatic rings. The van der Waals surface area contributed by atoms with Gasteiger partial charge in [-0.3, -0.25) is 4.79 Å². The molecular weight excluding hydrogens is 390 g/mol. The molecule has 0 spiro atoms. The number of rotatable bonds is 4. The van der Waals surface area contributed by atoms with Crippen LogP contribution in [-0.4, -0.2) is 68.6 Å². The van der Waals surface area contributed by atoms with E-state index in [9.17, 15) is 30.3 Å². The minimum atomic E-state index is -1.55. The Hall–Kier alpha value is -2.33. The number of carbonyl (C=O) groups excluding carboxylic acids is 1. The van der Waals surface area contributed by atoms with Gasteiger partial charge in [0.25, 0.3) is 5.91 Å². The summed E-state index contributed by atoms with van der Waals surface area (Å²) in [6, 6.07) is 10.9. The number of fused-ring (bicyclic) bond motifs is 1. The van der Waals surface area contributed by atoms with Crippen LogP contribution in [-0.2, 0) is 11.3 Å². The molecule has 160 valence electrons. The molecule has 1 fully saturated rings. The van der Waals surface area contributed by atoms with Crippen molar-refractivity contribution in [1.29, 1.82) is 0 Å². The summed E-state index contributed by atoms with van der Waals surface area (Å²) in [6.07, 6.45) is -8.13. The van der Waals surface area contributed by atoms with Crippen LogP contribution in [0, 0.1) is 6.92 Å². The zero-order valence-electron chi connectivity index (χ0n) is 16.4. The van der Waals surface area contributed by atoms with Crippen molar-refractivity contribution >= 4 is 5.91 Å². The Labute approximate surface area is 173 Å². The number of ether oxygens (including phenoxy) is 1. The van der Waals surface area contributed by atoms with E-state index < -0.39 is 43.2 Å². The van der Waals surface area contributed by atoms with E-state index in [0.717, 1.165) is 22.3 Å². The minimum absolute atomic E-state index is 0.0989. The van der Waals surface area contributed by atoms with Crippen molar-refractivity contribution < 1.29 is 35.1 Å². The Kier molecular flexibility index (Phi) is 5.63. The molecule has 0 radical (unpaired) electrons. The number of aliphatic hydroxyl groups is 5. The zero-order valence-corrected chi connectivity index (χ0v) is 16.4. The summed E-state index contributed by atoms with van der Waals surface area (Å²) in [5.41, 5.74) is 4.59. The molecule has 2 heterocycles. The summed E-state index contributed by atoms with van der Waals surface area (Å²) in [5, 5.41) is 53.3. The van der Waals surface area contributed by atoms with Gasteiger partial charge in [-0.05, 0) is 40.8 Å². The van der Waals surface area contributed by atoms with E-state index >= 15 is 0 Å². The zero-order chi connectivity index (χ0) is 21.6. The predicted molar refractivity (Wildman–Crippen MR) is 107 cm³/mol. The summed E-state index contributed by atoms with van der Waals surface area (Å²) in [4.78, 5) is 11.9. The highest BCUT2D eigenvalue weighted by Crippen LogP contribution is 2.35. The first-order chi connectivity index (χ1) is 14.3. The monoisotopic (exact) mass is 415 g/mol. The Morgan fingerprint density at radius 2 is 1.83 bits per heavy atom. The summed E-state index contributed by atoms with van der Waals surface area (Å²) >= 11 is 0. The van der Waals surface area contributed by atoms with Crippen molar-refractivity contribution in [3.63, 3.8) is 0 Å². The molecule has 2 aromatic carbocycles. The van der Waals surface area contributed by atoms with Crippen LogP contribution >= 0.6 is 0 Å². The summed E-state index contributed by atoms with van der Waals surface area (Å²) < 4.78 is 5.48. The number of carbonyl (C=O) groups is 1. The van der Waals surface area contributed by atoms with Gasteiger partial charge in [-0.15, -0.1) is 0 Å². The van der Waals surface area contributed by atoms with Crippen molar-refractivity contribution in [3.05, 3.63) is 58.7 Å². The second kappa shape index (κ2) is 8.07. The number of aryl methyl sites for hydroxylation is 1. The maximum atomic E-state index is 11.9. The average Bonchev–Trinajstić information content (AvgIpc) is 3.13. The average molecular weight is 415 g/mol. The lowest BCUT2D eigenvalue weighted by Gasteiger charge is -2.42. The lowest BCUT2D eigenvalue weighted by Crippen LogP contribution is -2.59. The molecule has 30 heavy (non-hydrogen) atoms. The van der Waals surface area contributed by atoms with Crippen LogP contribution in [0.1, 0.15) is 33.2 Å². The van der Waals surface area contributed by atoms with Crippen LogP contribution in [0.2, 0.25) is 0 Å². The van der Waals surface area contributed by atoms with Gasteiger partial charge >= 0.3 is 0 Å². The van der Waals surface area contributed by atoms with Crippen LogP contribution < -0.4 is 5.32 Å². The summed E-state index contributed by atoms with van der Waals surface area (Å²) in [7, 11) is 0. The predicted octanol–water partition coefficient (Wildman–Crippen LogP) is -0.219. The van der Waals surface area contributed by atoms with Gasteiger partial charge in [0.1, 0.15) is 36.6 Å². The van der Waals surface area contributed by atoms with Crippen molar-refractivity contribution in [3.8, 4) is 11.1 Å². The largest absolute Gasteiger partial charge is 0.394 e. The fourth-order valence-electron chi connectivity index (χ4n) is 4.27. The number of hydrogen-bond acceptors (Lipinski definition) is 7. The third kappa shape index (κ3) is 3.41. The fraction of sp³-hybridized carbons (Fsp3) is 0.409. The van der Waals surface area contributed by atoms with Gasteiger partial charge in [0.2, 0.25) is 0 Å². The molecular formula is C22H25NO7. The molecule has 1 saturated heterocycles. The van der Waals surface area contributed by atoms with Crippen molar-refractivity contribution in [1.82, 2.24) is 5.32 Å². The molecule has 8 heteroatoms. The topological polar surface area (TPSA) is 139 Å². The van der Waals surface area contributed by atoms with Crippen LogP contribution in [0.15, 0.2) is 36.4 Å². The van der Waals surface area contributed by atoms with Crippen LogP contribution in [0.5, 0.6) is 0 Å². The molecule has 6 atom stereocenters. The van der Waals surface area contributed by atoms with E-state index in [0.29, 0.717) is 17.7 Å². The number of benzene rings is 2. The normalized spacial score (nSPS) is 29.4. The van der Waals surface area contributed by atoms with E-state index in [-0.39, 0.29) is 5.91 Å². The van der Waals surface area contributed by atoms with Crippen LogP contribution in [0.4, 0.5) is 0 Å². The number of aliphatic hydroxyl groups excluding tert-OH is 5. The molecule has 6 N–H and O–H groups in total. The fourth-order valence-corrected chi connectivity index (χ4v) is 4.27. The van der Waals surface area contributed by atoms with Gasteiger partial charge in [-0.1, -0.05) is 30.3 Å². The Morgan fingerprint density at radius 3 is 2.53 bits per heavy atom. The Morgan fingerprint density at radius 1 is 1.10 bits per heavy atom. The molecule has 0 aromatic heterocycles. The standard InChI is InChI=1S/C22H25NO7/c1-10-7-11(13-3-2-4-14-15(13)8-23-22(14)29)5-6-12(10)17(25)21-20(28)19(27)18(26)16(9-24)30-21/h2-7,16-21,24-28H,8-9H2,1H3,(H,23,29)/t16-,17-,18-,19+,20+,21-/m1/s1. The molecule has 0 bridgehead atoms. The molecule has 0 saturated carbocycles. The number of amides is 1. The van der Waals surface area contributed by atoms with Gasteiger partial charge in [0.05, 0.1) is 6.61 Å². The summed E-state index contributed by atoms with van der Waals surface area (Å²) in [5.74, 6) is -0.0989. The molecule has 8 nitrogen and oxygen atoms in total. The molecule has 4 rings (SSSR count). The first-order valence-corrected chi connectivity index (χ1v) is 9.83. The van der Waals surface area contributed by atoms with Gasteiger partial charge in [0.15, 0.2) is 0 Å². The van der Waals surface area contributed by atoms with Crippen LogP contribution in [0.25, 0.3) is 11.1 Å². The maximum Gasteiger partial charge on any atom is 0.251 e. The highest BCUT2D eigenvalue weighted by Gasteiger charge is 2.46. The number of nitrogens with one attached hydrogen (secondary N) is 1. The van der Waals surface area contributed by atoms with Gasteiger partial charge in [0, 0.05) is 12.1 Å². The molecule has 0 aliphatic carbocycles. The minimum Gasteiger partial charge on any atom is -0.394 e. The first kappa shape index (κ1) is 20.9. The van der Waals surface area contributed by atoms with Crippen molar-refractivity contribution in [2.75, 3.05) is 6.61 Å². The van der Waals surface area contributed by atoms with E-state index in [2.05, 4.69) is 5.32 Å². The Balaban J connectivity index is 1.64. The SMILES string of the molecule is Cc1cc(-c2cccc3c2CNC3=O)ccc1[C@@H](O)[C@H]1O[C@H](CO)[C@@H](O)[C@H](O)[C@@H]1O. The lowest BCUT2D eigenvalue weighted by molar-refractivity contribution is -0.250. The van der Waals surface area contributed by atoms with Gasteiger partial charge in [-0.2, -0.15) is 0 Å². The third-order valence-corrected chi connectivity index (χ3v) is 5.99. The summed E-state index contributed by atoms with van der Waals surface area (Å²) in [6.45, 7) is 1.70. The van der Waals surface area contributed by atoms with Crippen molar-refractivity contribution in [2.45, 2.75) is 50.1 Å². The van der Waals surface area contributed by atoms with E-state index in [1.807, 2.05) is 24.3 Å². The van der Waals surface area contributed by atoms with E-state index in [1.54, 1.807) is 19.1 Å². The first-order valence-electron chi connectivity index (χ1n) is 9.83. The highest BCUT2D eigenvalue weighted by molar-refractivity contribution is 6.00. The second-order valence-electron chi connectivity index (χ2n) is 7.82. The lowest BCUT2D eigenvalue weighted by atomic mass is 9.87. The quantitative estimate of drug-likeness (QED) is 0.406. The van der Waals surface area contributed by atoms with Crippen LogP contribution in [0.3, 0.4) is 0 Å². The Bertz CT molecular complexity index is 960. The molecule has 0 unspecified atom stereocenters. The second-order valence-corrected chi connectivity index (χ2v) is 7.82. The van der Waals surface area contributed by atoms with Crippen molar-refractivity contribution in [2.24, 2.45) is 0 Å².